The number of nitrogens with zero attached hydrogens (tertiary/aromatic N) is 3. The van der Waals surface area contributed by atoms with Gasteiger partial charge in [0.1, 0.15) is 0 Å². The summed E-state index contributed by atoms with van der Waals surface area (Å²) in [5, 5.41) is 0. The van der Waals surface area contributed by atoms with Gasteiger partial charge in [-0.15, -0.1) is 0 Å². The highest BCUT2D eigenvalue weighted by Crippen LogP contribution is 2.11. The maximum Gasteiger partial charge on any atom is 0.320 e. The topological polar surface area (TPSA) is 36.4 Å². The van der Waals surface area contributed by atoms with Crippen LogP contribution in [0.3, 0.4) is 0 Å². The summed E-state index contributed by atoms with van der Waals surface area (Å²) < 4.78 is 0. The molecule has 0 N–H and O–H groups in total. The van der Waals surface area contributed by atoms with Crippen molar-refractivity contribution in [3.8, 4) is 0 Å². The Labute approximate surface area is 95.9 Å². The molecule has 0 aliphatic carbocycles. The van der Waals surface area contributed by atoms with Crippen LogP contribution in [0, 0.1) is 0 Å². The first-order valence-corrected chi connectivity index (χ1v) is 5.66. The van der Waals surface area contributed by atoms with Gasteiger partial charge in [-0.3, -0.25) is 4.98 Å². The van der Waals surface area contributed by atoms with Crippen molar-refractivity contribution in [3.05, 3.63) is 30.1 Å². The fraction of sp³-hybridized carbons (Fsp3) is 0.500. The molecule has 1 saturated heterocycles. The number of likely N-dealkylation sites (tertiary alicyclic amines) is 1. The Balaban J connectivity index is 1.92. The van der Waals surface area contributed by atoms with Crippen LogP contribution in [-0.2, 0) is 6.54 Å². The standard InChI is InChI=1S/C12H17N3O/c1-14(10-11-5-4-6-13-9-11)12(16)15-7-2-3-8-15/h4-6,9H,2-3,7-8,10H2,1H3. The molecule has 1 aliphatic rings. The third-order valence-corrected chi connectivity index (χ3v) is 2.85. The van der Waals surface area contributed by atoms with E-state index in [0.717, 1.165) is 31.5 Å². The van der Waals surface area contributed by atoms with E-state index < -0.39 is 0 Å². The minimum atomic E-state index is 0.126. The second-order valence-corrected chi connectivity index (χ2v) is 4.19. The SMILES string of the molecule is CN(Cc1cccnc1)C(=O)N1CCCC1. The summed E-state index contributed by atoms with van der Waals surface area (Å²) in [6.07, 6.45) is 5.80. The van der Waals surface area contributed by atoms with E-state index in [0.29, 0.717) is 6.54 Å². The predicted octanol–water partition coefficient (Wildman–Crippen LogP) is 1.73. The van der Waals surface area contributed by atoms with Crippen LogP contribution in [0.5, 0.6) is 0 Å². The first-order valence-electron chi connectivity index (χ1n) is 5.66. The molecule has 0 spiro atoms. The predicted molar refractivity (Wildman–Crippen MR) is 61.9 cm³/mol. The van der Waals surface area contributed by atoms with Gasteiger partial charge in [0, 0.05) is 39.1 Å². The molecule has 1 aliphatic heterocycles. The summed E-state index contributed by atoms with van der Waals surface area (Å²) in [6.45, 7) is 2.43. The Kier molecular flexibility index (Phi) is 3.39. The molecule has 2 rings (SSSR count). The number of carbonyl (C=O) groups is 1. The molecule has 86 valence electrons. The molecule has 4 heteroatoms. The molecule has 0 bridgehead atoms. The van der Waals surface area contributed by atoms with E-state index >= 15 is 0 Å². The number of urea groups is 1. The van der Waals surface area contributed by atoms with E-state index in [4.69, 9.17) is 0 Å². The summed E-state index contributed by atoms with van der Waals surface area (Å²) in [6, 6.07) is 4.01. The molecular formula is C12H17N3O. The van der Waals surface area contributed by atoms with E-state index in [2.05, 4.69) is 4.98 Å². The molecule has 16 heavy (non-hydrogen) atoms. The van der Waals surface area contributed by atoms with E-state index in [1.807, 2.05) is 24.1 Å². The molecule has 1 fully saturated rings. The maximum absolute atomic E-state index is 12.0. The fourth-order valence-electron chi connectivity index (χ4n) is 1.98. The molecule has 2 amide bonds. The zero-order chi connectivity index (χ0) is 11.4. The van der Waals surface area contributed by atoms with E-state index in [1.54, 1.807) is 17.3 Å². The second-order valence-electron chi connectivity index (χ2n) is 4.19. The lowest BCUT2D eigenvalue weighted by Gasteiger charge is -2.24. The van der Waals surface area contributed by atoms with Gasteiger partial charge in [0.05, 0.1) is 0 Å². The number of hydrogen-bond acceptors (Lipinski definition) is 2. The van der Waals surface area contributed by atoms with E-state index in [-0.39, 0.29) is 6.03 Å². The normalized spacial score (nSPS) is 15.2. The van der Waals surface area contributed by atoms with E-state index in [1.165, 1.54) is 0 Å². The van der Waals surface area contributed by atoms with Crippen LogP contribution in [-0.4, -0.2) is 41.0 Å². The molecule has 0 atom stereocenters. The number of pyridine rings is 1. The average molecular weight is 219 g/mol. The van der Waals surface area contributed by atoms with Crippen LogP contribution >= 0.6 is 0 Å². The first-order chi connectivity index (χ1) is 7.77. The average Bonchev–Trinajstić information content (AvgIpc) is 2.83. The van der Waals surface area contributed by atoms with Crippen LogP contribution in [0.4, 0.5) is 4.79 Å². The van der Waals surface area contributed by atoms with Gasteiger partial charge < -0.3 is 9.80 Å². The molecule has 0 unspecified atom stereocenters. The van der Waals surface area contributed by atoms with Gasteiger partial charge in [-0.25, -0.2) is 4.79 Å². The molecule has 0 radical (unpaired) electrons. The van der Waals surface area contributed by atoms with Crippen molar-refractivity contribution < 1.29 is 4.79 Å². The third-order valence-electron chi connectivity index (χ3n) is 2.85. The molecule has 0 saturated carbocycles. The maximum atomic E-state index is 12.0. The van der Waals surface area contributed by atoms with Gasteiger partial charge in [0.15, 0.2) is 0 Å². The van der Waals surface area contributed by atoms with Crippen molar-refractivity contribution in [1.29, 1.82) is 0 Å². The van der Waals surface area contributed by atoms with Crippen molar-refractivity contribution in [2.24, 2.45) is 0 Å². The molecular weight excluding hydrogens is 202 g/mol. The summed E-state index contributed by atoms with van der Waals surface area (Å²) in [7, 11) is 1.84. The van der Waals surface area contributed by atoms with Gasteiger partial charge >= 0.3 is 6.03 Å². The highest BCUT2D eigenvalue weighted by Gasteiger charge is 2.20. The summed E-state index contributed by atoms with van der Waals surface area (Å²) in [4.78, 5) is 19.7. The Morgan fingerprint density at radius 3 is 2.88 bits per heavy atom. The van der Waals surface area contributed by atoms with Crippen LogP contribution in [0.15, 0.2) is 24.5 Å². The van der Waals surface area contributed by atoms with E-state index in [9.17, 15) is 4.79 Å². The number of amides is 2. The Morgan fingerprint density at radius 2 is 2.25 bits per heavy atom. The zero-order valence-corrected chi connectivity index (χ0v) is 9.59. The minimum Gasteiger partial charge on any atom is -0.325 e. The van der Waals surface area contributed by atoms with Crippen molar-refractivity contribution in [2.45, 2.75) is 19.4 Å². The Bertz CT molecular complexity index is 347. The van der Waals surface area contributed by atoms with Crippen molar-refractivity contribution in [2.75, 3.05) is 20.1 Å². The molecule has 1 aromatic rings. The lowest BCUT2D eigenvalue weighted by Crippen LogP contribution is -2.38. The van der Waals surface area contributed by atoms with Gasteiger partial charge in [-0.05, 0) is 24.5 Å². The summed E-state index contributed by atoms with van der Waals surface area (Å²) in [5.41, 5.74) is 1.07. The Hall–Kier alpha value is -1.58. The highest BCUT2D eigenvalue weighted by atomic mass is 16.2. The van der Waals surface area contributed by atoms with Crippen LogP contribution in [0.2, 0.25) is 0 Å². The van der Waals surface area contributed by atoms with Gasteiger partial charge in [-0.2, -0.15) is 0 Å². The zero-order valence-electron chi connectivity index (χ0n) is 9.59. The lowest BCUT2D eigenvalue weighted by atomic mass is 10.3. The molecule has 2 heterocycles. The minimum absolute atomic E-state index is 0.126. The van der Waals surface area contributed by atoms with Crippen LogP contribution in [0.25, 0.3) is 0 Å². The van der Waals surface area contributed by atoms with Gasteiger partial charge in [-0.1, -0.05) is 6.07 Å². The van der Waals surface area contributed by atoms with Crippen molar-refractivity contribution in [3.63, 3.8) is 0 Å². The van der Waals surface area contributed by atoms with Gasteiger partial charge in [0.25, 0.3) is 0 Å². The largest absolute Gasteiger partial charge is 0.325 e. The van der Waals surface area contributed by atoms with Crippen molar-refractivity contribution in [1.82, 2.24) is 14.8 Å². The second kappa shape index (κ2) is 4.96. The van der Waals surface area contributed by atoms with Gasteiger partial charge in [0.2, 0.25) is 0 Å². The third kappa shape index (κ3) is 2.51. The van der Waals surface area contributed by atoms with Crippen LogP contribution in [0.1, 0.15) is 18.4 Å². The molecule has 0 aromatic carbocycles. The van der Waals surface area contributed by atoms with Crippen molar-refractivity contribution >= 4 is 6.03 Å². The number of rotatable bonds is 2. The summed E-state index contributed by atoms with van der Waals surface area (Å²) in [5.74, 6) is 0. The number of hydrogen-bond donors (Lipinski definition) is 0. The van der Waals surface area contributed by atoms with Crippen LogP contribution < -0.4 is 0 Å². The Morgan fingerprint density at radius 1 is 1.50 bits per heavy atom. The quantitative estimate of drug-likeness (QED) is 0.759. The lowest BCUT2D eigenvalue weighted by molar-refractivity contribution is 0.171. The monoisotopic (exact) mass is 219 g/mol. The smallest absolute Gasteiger partial charge is 0.320 e. The molecule has 1 aromatic heterocycles. The number of carbonyl (C=O) groups excluding carboxylic acids is 1. The molecule has 4 nitrogen and oxygen atoms in total. The highest BCUT2D eigenvalue weighted by molar-refractivity contribution is 5.74. The summed E-state index contributed by atoms with van der Waals surface area (Å²) >= 11 is 0. The first kappa shape index (κ1) is 10.9. The fourth-order valence-corrected chi connectivity index (χ4v) is 1.98. The number of aromatic nitrogens is 1.